The molecule has 0 aliphatic heterocycles. The molecule has 0 aromatic rings. The summed E-state index contributed by atoms with van der Waals surface area (Å²) in [6, 6.07) is -0.319. The van der Waals surface area contributed by atoms with Gasteiger partial charge in [-0.05, 0) is 12.5 Å². The quantitative estimate of drug-likeness (QED) is 0.326. The monoisotopic (exact) mass is 115 g/mol. The number of azide groups is 1. The number of hydrogen-bond donors (Lipinski definition) is 1. The first-order valence-electron chi connectivity index (χ1n) is 2.40. The predicted molar refractivity (Wildman–Crippen MR) is 30.3 cm³/mol. The highest BCUT2D eigenvalue weighted by atomic mass is 16.3. The lowest BCUT2D eigenvalue weighted by Gasteiger charge is -2.04. The van der Waals surface area contributed by atoms with Gasteiger partial charge in [-0.1, -0.05) is 12.0 Å². The first-order chi connectivity index (χ1) is 3.68. The Bertz CT molecular complexity index is 106. The summed E-state index contributed by atoms with van der Waals surface area (Å²) in [6.07, 6.45) is -0.550. The van der Waals surface area contributed by atoms with E-state index in [1.807, 2.05) is 0 Å². The van der Waals surface area contributed by atoms with Crippen LogP contribution in [0.3, 0.4) is 0 Å². The van der Waals surface area contributed by atoms with Crippen LogP contribution in [0.5, 0.6) is 0 Å². The lowest BCUT2D eigenvalue weighted by Crippen LogP contribution is -2.15. The second kappa shape index (κ2) is 3.29. The van der Waals surface area contributed by atoms with Gasteiger partial charge in [0.05, 0.1) is 12.1 Å². The summed E-state index contributed by atoms with van der Waals surface area (Å²) in [6.45, 7) is 3.24. The van der Waals surface area contributed by atoms with Gasteiger partial charge in [0.15, 0.2) is 0 Å². The second-order valence-corrected chi connectivity index (χ2v) is 1.69. The minimum atomic E-state index is -0.550. The standard InChI is InChI=1S/C4H9N3O/c1-3(4(2)8)6-7-5/h3-4,8H,1-2H3/t3-,4-/m0/s1. The molecule has 4 nitrogen and oxygen atoms in total. The van der Waals surface area contributed by atoms with Gasteiger partial charge in [-0.2, -0.15) is 0 Å². The van der Waals surface area contributed by atoms with E-state index in [0.717, 1.165) is 0 Å². The highest BCUT2D eigenvalue weighted by Gasteiger charge is 2.03. The Morgan fingerprint density at radius 2 is 2.12 bits per heavy atom. The molecule has 0 fully saturated rings. The molecule has 0 spiro atoms. The van der Waals surface area contributed by atoms with Crippen LogP contribution in [0.25, 0.3) is 10.4 Å². The summed E-state index contributed by atoms with van der Waals surface area (Å²) in [5.74, 6) is 0. The lowest BCUT2D eigenvalue weighted by atomic mass is 10.2. The molecular formula is C4H9N3O. The van der Waals surface area contributed by atoms with Crippen LogP contribution in [0.2, 0.25) is 0 Å². The van der Waals surface area contributed by atoms with Crippen molar-refractivity contribution < 1.29 is 5.11 Å². The van der Waals surface area contributed by atoms with Gasteiger partial charge < -0.3 is 5.11 Å². The lowest BCUT2D eigenvalue weighted by molar-refractivity contribution is 0.170. The first kappa shape index (κ1) is 7.27. The van der Waals surface area contributed by atoms with Gasteiger partial charge in [-0.3, -0.25) is 0 Å². The average molecular weight is 115 g/mol. The van der Waals surface area contributed by atoms with Crippen molar-refractivity contribution in [3.8, 4) is 0 Å². The highest BCUT2D eigenvalue weighted by molar-refractivity contribution is 4.65. The Morgan fingerprint density at radius 3 is 2.25 bits per heavy atom. The molecule has 0 heterocycles. The van der Waals surface area contributed by atoms with Crippen LogP contribution in [0.15, 0.2) is 5.11 Å². The van der Waals surface area contributed by atoms with Crippen LogP contribution in [-0.4, -0.2) is 17.3 Å². The maximum atomic E-state index is 8.69. The Balaban J connectivity index is 3.63. The van der Waals surface area contributed by atoms with Crippen molar-refractivity contribution in [2.75, 3.05) is 0 Å². The van der Waals surface area contributed by atoms with Crippen LogP contribution in [-0.2, 0) is 0 Å². The average Bonchev–Trinajstić information content (AvgIpc) is 1.67. The zero-order valence-electron chi connectivity index (χ0n) is 4.94. The minimum absolute atomic E-state index is 0.319. The van der Waals surface area contributed by atoms with E-state index in [2.05, 4.69) is 10.0 Å². The molecule has 0 saturated heterocycles. The molecule has 0 aliphatic rings. The molecule has 8 heavy (non-hydrogen) atoms. The second-order valence-electron chi connectivity index (χ2n) is 1.69. The van der Waals surface area contributed by atoms with E-state index in [0.29, 0.717) is 0 Å². The molecule has 0 unspecified atom stereocenters. The smallest absolute Gasteiger partial charge is 0.0602 e. The summed E-state index contributed by atoms with van der Waals surface area (Å²) < 4.78 is 0. The summed E-state index contributed by atoms with van der Waals surface area (Å²) in [5, 5.41) is 11.9. The van der Waals surface area contributed by atoms with Gasteiger partial charge in [0.1, 0.15) is 0 Å². The third-order valence-corrected chi connectivity index (χ3v) is 0.932. The van der Waals surface area contributed by atoms with Crippen LogP contribution in [0.4, 0.5) is 0 Å². The van der Waals surface area contributed by atoms with Crippen molar-refractivity contribution in [3.05, 3.63) is 10.4 Å². The highest BCUT2D eigenvalue weighted by Crippen LogP contribution is 1.95. The molecule has 2 atom stereocenters. The molecule has 4 heteroatoms. The van der Waals surface area contributed by atoms with E-state index in [9.17, 15) is 0 Å². The minimum Gasteiger partial charge on any atom is -0.393 e. The zero-order valence-corrected chi connectivity index (χ0v) is 4.94. The topological polar surface area (TPSA) is 69.0 Å². The molecule has 1 N–H and O–H groups in total. The fourth-order valence-electron chi connectivity index (χ4n) is 0.178. The molecule has 0 rings (SSSR count). The maximum absolute atomic E-state index is 8.69. The van der Waals surface area contributed by atoms with Crippen molar-refractivity contribution >= 4 is 0 Å². The molecule has 46 valence electrons. The Labute approximate surface area is 47.8 Å². The van der Waals surface area contributed by atoms with Crippen molar-refractivity contribution in [2.24, 2.45) is 5.11 Å². The molecule has 0 bridgehead atoms. The Kier molecular flexibility index (Phi) is 2.99. The number of aliphatic hydroxyl groups is 1. The molecule has 0 saturated carbocycles. The molecule has 0 amide bonds. The van der Waals surface area contributed by atoms with Crippen LogP contribution >= 0.6 is 0 Å². The Morgan fingerprint density at radius 1 is 1.62 bits per heavy atom. The van der Waals surface area contributed by atoms with Crippen molar-refractivity contribution in [3.63, 3.8) is 0 Å². The summed E-state index contributed by atoms with van der Waals surface area (Å²) in [7, 11) is 0. The fraction of sp³-hybridized carbons (Fsp3) is 1.00. The number of rotatable bonds is 2. The van der Waals surface area contributed by atoms with Gasteiger partial charge in [0, 0.05) is 4.91 Å². The van der Waals surface area contributed by atoms with Crippen molar-refractivity contribution in [2.45, 2.75) is 26.0 Å². The van der Waals surface area contributed by atoms with Crippen LogP contribution in [0.1, 0.15) is 13.8 Å². The molecular weight excluding hydrogens is 106 g/mol. The summed E-state index contributed by atoms with van der Waals surface area (Å²) in [5.41, 5.74) is 7.83. The summed E-state index contributed by atoms with van der Waals surface area (Å²) >= 11 is 0. The van der Waals surface area contributed by atoms with Crippen molar-refractivity contribution in [1.82, 2.24) is 0 Å². The van der Waals surface area contributed by atoms with Crippen LogP contribution in [0, 0.1) is 0 Å². The first-order valence-corrected chi connectivity index (χ1v) is 2.40. The Hall–Kier alpha value is -0.730. The normalized spacial score (nSPS) is 16.4. The third-order valence-electron chi connectivity index (χ3n) is 0.932. The van der Waals surface area contributed by atoms with Gasteiger partial charge in [0.2, 0.25) is 0 Å². The third kappa shape index (κ3) is 2.44. The zero-order chi connectivity index (χ0) is 6.57. The molecule has 0 aromatic carbocycles. The van der Waals surface area contributed by atoms with E-state index in [-0.39, 0.29) is 6.04 Å². The predicted octanol–water partition coefficient (Wildman–Crippen LogP) is 1.07. The van der Waals surface area contributed by atoms with E-state index < -0.39 is 6.10 Å². The number of nitrogens with zero attached hydrogens (tertiary/aromatic N) is 3. The maximum Gasteiger partial charge on any atom is 0.0602 e. The van der Waals surface area contributed by atoms with E-state index in [1.54, 1.807) is 13.8 Å². The van der Waals surface area contributed by atoms with Crippen molar-refractivity contribution in [1.29, 1.82) is 0 Å². The largest absolute Gasteiger partial charge is 0.393 e. The molecule has 0 radical (unpaired) electrons. The van der Waals surface area contributed by atoms with Gasteiger partial charge in [0.25, 0.3) is 0 Å². The van der Waals surface area contributed by atoms with E-state index in [4.69, 9.17) is 10.6 Å². The van der Waals surface area contributed by atoms with Crippen LogP contribution < -0.4 is 0 Å². The number of aliphatic hydroxyl groups excluding tert-OH is 1. The summed E-state index contributed by atoms with van der Waals surface area (Å²) in [4.78, 5) is 2.52. The number of hydrogen-bond acceptors (Lipinski definition) is 2. The van der Waals surface area contributed by atoms with Gasteiger partial charge in [-0.15, -0.1) is 0 Å². The van der Waals surface area contributed by atoms with E-state index in [1.165, 1.54) is 0 Å². The molecule has 0 aliphatic carbocycles. The molecule has 0 aromatic heterocycles. The van der Waals surface area contributed by atoms with Gasteiger partial charge >= 0.3 is 0 Å². The SMILES string of the molecule is C[C@H](O)[C@H](C)N=[N+]=[N-]. The fourth-order valence-corrected chi connectivity index (χ4v) is 0.178. The van der Waals surface area contributed by atoms with E-state index >= 15 is 0 Å². The van der Waals surface area contributed by atoms with Gasteiger partial charge in [-0.25, -0.2) is 0 Å².